The second kappa shape index (κ2) is 5.87. The van der Waals surface area contributed by atoms with Crippen LogP contribution in [0.4, 0.5) is 5.69 Å². The minimum atomic E-state index is 0.118. The summed E-state index contributed by atoms with van der Waals surface area (Å²) < 4.78 is 5.78. The first-order chi connectivity index (χ1) is 10.7. The van der Waals surface area contributed by atoms with Gasteiger partial charge >= 0.3 is 0 Å². The molecule has 0 radical (unpaired) electrons. The molecule has 0 aliphatic heterocycles. The Balaban J connectivity index is 1.97. The van der Waals surface area contributed by atoms with E-state index in [1.165, 1.54) is 6.08 Å². The molecule has 0 amide bonds. The van der Waals surface area contributed by atoms with E-state index in [1.807, 2.05) is 0 Å². The van der Waals surface area contributed by atoms with Crippen molar-refractivity contribution >= 4 is 34.2 Å². The van der Waals surface area contributed by atoms with E-state index < -0.39 is 0 Å². The van der Waals surface area contributed by atoms with Gasteiger partial charge in [-0.15, -0.1) is 0 Å². The summed E-state index contributed by atoms with van der Waals surface area (Å²) in [5, 5.41) is 0.118. The quantitative estimate of drug-likeness (QED) is 0.437. The highest BCUT2D eigenvalue weighted by Crippen LogP contribution is 2.29. The van der Waals surface area contributed by atoms with E-state index in [0.29, 0.717) is 34.2 Å². The van der Waals surface area contributed by atoms with Gasteiger partial charge in [-0.25, -0.2) is 9.98 Å². The van der Waals surface area contributed by atoms with Crippen LogP contribution in [0.2, 0.25) is 5.28 Å². The van der Waals surface area contributed by atoms with Gasteiger partial charge in [0.25, 0.3) is 0 Å². The third kappa shape index (κ3) is 2.91. The number of benzene rings is 1. The van der Waals surface area contributed by atoms with Gasteiger partial charge in [0.1, 0.15) is 17.1 Å². The standard InChI is InChI=1S/C15H12ClN5O/c1-2-12(17)19-9-4-3-5-10(8-9)22-14-13-11(6-7-18-13)20-15(16)21-14/h2-8,18H,1H2,(H2,17,19). The zero-order chi connectivity index (χ0) is 15.5. The van der Waals surface area contributed by atoms with Gasteiger partial charge in [-0.2, -0.15) is 4.98 Å². The molecule has 0 aliphatic carbocycles. The van der Waals surface area contributed by atoms with Gasteiger partial charge < -0.3 is 15.5 Å². The molecule has 0 bridgehead atoms. The molecule has 2 heterocycles. The molecule has 0 aliphatic rings. The van der Waals surface area contributed by atoms with Crippen molar-refractivity contribution in [3.63, 3.8) is 0 Å². The van der Waals surface area contributed by atoms with Gasteiger partial charge in [-0.1, -0.05) is 12.6 Å². The molecule has 0 fully saturated rings. The Kier molecular flexibility index (Phi) is 3.76. The molecule has 110 valence electrons. The number of aromatic amines is 1. The molecule has 22 heavy (non-hydrogen) atoms. The Morgan fingerprint density at radius 1 is 1.36 bits per heavy atom. The number of hydrogen-bond acceptors (Lipinski definition) is 4. The highest BCUT2D eigenvalue weighted by atomic mass is 35.5. The first-order valence-corrected chi connectivity index (χ1v) is 6.78. The maximum atomic E-state index is 5.90. The van der Waals surface area contributed by atoms with Gasteiger partial charge in [0.2, 0.25) is 11.2 Å². The van der Waals surface area contributed by atoms with Crippen LogP contribution in [-0.2, 0) is 0 Å². The van der Waals surface area contributed by atoms with Crippen molar-refractivity contribution in [2.75, 3.05) is 0 Å². The Bertz CT molecular complexity index is 871. The van der Waals surface area contributed by atoms with Crippen LogP contribution >= 0.6 is 11.6 Å². The molecule has 1 aromatic carbocycles. The Morgan fingerprint density at radius 2 is 2.23 bits per heavy atom. The summed E-state index contributed by atoms with van der Waals surface area (Å²) in [5.74, 6) is 1.23. The van der Waals surface area contributed by atoms with Crippen LogP contribution in [-0.4, -0.2) is 20.8 Å². The van der Waals surface area contributed by atoms with Crippen molar-refractivity contribution < 1.29 is 4.74 Å². The fraction of sp³-hybridized carbons (Fsp3) is 0. The largest absolute Gasteiger partial charge is 0.437 e. The number of halogens is 1. The summed E-state index contributed by atoms with van der Waals surface area (Å²) in [6, 6.07) is 8.93. The maximum Gasteiger partial charge on any atom is 0.248 e. The van der Waals surface area contributed by atoms with Gasteiger partial charge in [-0.3, -0.25) is 0 Å². The van der Waals surface area contributed by atoms with E-state index in [9.17, 15) is 0 Å². The van der Waals surface area contributed by atoms with E-state index in [1.54, 1.807) is 36.5 Å². The molecular weight excluding hydrogens is 302 g/mol. The fourth-order valence-corrected chi connectivity index (χ4v) is 2.05. The zero-order valence-electron chi connectivity index (χ0n) is 11.5. The summed E-state index contributed by atoms with van der Waals surface area (Å²) in [4.78, 5) is 15.4. The lowest BCUT2D eigenvalue weighted by Gasteiger charge is -2.06. The van der Waals surface area contributed by atoms with E-state index in [-0.39, 0.29) is 5.28 Å². The van der Waals surface area contributed by atoms with Crippen LogP contribution in [0.25, 0.3) is 11.0 Å². The molecule has 0 saturated heterocycles. The lowest BCUT2D eigenvalue weighted by Crippen LogP contribution is -2.05. The minimum Gasteiger partial charge on any atom is -0.437 e. The van der Waals surface area contributed by atoms with Crippen LogP contribution in [0.3, 0.4) is 0 Å². The molecule has 6 nitrogen and oxygen atoms in total. The normalized spacial score (nSPS) is 11.6. The SMILES string of the molecule is C=CC(N)=Nc1cccc(Oc2nc(Cl)nc3cc[nH]c23)c1. The number of rotatable bonds is 4. The maximum absolute atomic E-state index is 5.90. The number of nitrogens with two attached hydrogens (primary N) is 1. The Labute approximate surface area is 131 Å². The lowest BCUT2D eigenvalue weighted by molar-refractivity contribution is 0.467. The van der Waals surface area contributed by atoms with E-state index in [0.717, 1.165) is 0 Å². The molecule has 7 heteroatoms. The number of nitrogens with one attached hydrogen (secondary N) is 1. The second-order valence-corrected chi connectivity index (χ2v) is 4.71. The topological polar surface area (TPSA) is 89.2 Å². The summed E-state index contributed by atoms with van der Waals surface area (Å²) >= 11 is 5.90. The first-order valence-electron chi connectivity index (χ1n) is 6.41. The third-order valence-corrected chi connectivity index (χ3v) is 3.01. The molecule has 0 spiro atoms. The average Bonchev–Trinajstić information content (AvgIpc) is 2.95. The molecule has 0 saturated carbocycles. The number of hydrogen-bond donors (Lipinski definition) is 2. The van der Waals surface area contributed by atoms with Crippen molar-refractivity contribution in [1.82, 2.24) is 15.0 Å². The molecule has 2 aromatic heterocycles. The third-order valence-electron chi connectivity index (χ3n) is 2.84. The second-order valence-electron chi connectivity index (χ2n) is 4.38. The Hall–Kier alpha value is -2.86. The lowest BCUT2D eigenvalue weighted by atomic mass is 10.3. The minimum absolute atomic E-state index is 0.118. The smallest absolute Gasteiger partial charge is 0.248 e. The number of amidine groups is 1. The van der Waals surface area contributed by atoms with Crippen LogP contribution in [0, 0.1) is 0 Å². The summed E-state index contributed by atoms with van der Waals surface area (Å²) in [7, 11) is 0. The van der Waals surface area contributed by atoms with Gasteiger partial charge in [0.05, 0.1) is 11.2 Å². The van der Waals surface area contributed by atoms with Crippen LogP contribution in [0.15, 0.2) is 54.2 Å². The molecular formula is C15H12ClN5O. The number of nitrogens with zero attached hydrogens (tertiary/aromatic N) is 3. The highest BCUT2D eigenvalue weighted by Gasteiger charge is 2.10. The molecule has 3 rings (SSSR count). The number of ether oxygens (including phenoxy) is 1. The summed E-state index contributed by atoms with van der Waals surface area (Å²) in [6.07, 6.45) is 3.22. The van der Waals surface area contributed by atoms with Crippen molar-refractivity contribution in [3.05, 3.63) is 54.5 Å². The zero-order valence-corrected chi connectivity index (χ0v) is 12.2. The van der Waals surface area contributed by atoms with Crippen LogP contribution in [0.1, 0.15) is 0 Å². The van der Waals surface area contributed by atoms with Gasteiger partial charge in [-0.05, 0) is 35.9 Å². The molecule has 3 N–H and O–H groups in total. The highest BCUT2D eigenvalue weighted by molar-refractivity contribution is 6.28. The summed E-state index contributed by atoms with van der Waals surface area (Å²) in [6.45, 7) is 3.56. The number of fused-ring (bicyclic) bond motifs is 1. The number of H-pyrrole nitrogens is 1. The van der Waals surface area contributed by atoms with E-state index in [2.05, 4.69) is 26.5 Å². The van der Waals surface area contributed by atoms with Crippen molar-refractivity contribution in [2.24, 2.45) is 10.7 Å². The molecule has 3 aromatic rings. The van der Waals surface area contributed by atoms with E-state index >= 15 is 0 Å². The Morgan fingerprint density at radius 3 is 3.05 bits per heavy atom. The van der Waals surface area contributed by atoms with Gasteiger partial charge in [0, 0.05) is 12.3 Å². The summed E-state index contributed by atoms with van der Waals surface area (Å²) in [5.41, 5.74) is 7.64. The fourth-order valence-electron chi connectivity index (χ4n) is 1.89. The van der Waals surface area contributed by atoms with Crippen LogP contribution < -0.4 is 10.5 Å². The average molecular weight is 314 g/mol. The monoisotopic (exact) mass is 313 g/mol. The molecule has 0 unspecified atom stereocenters. The van der Waals surface area contributed by atoms with Crippen molar-refractivity contribution in [2.45, 2.75) is 0 Å². The predicted molar refractivity (Wildman–Crippen MR) is 86.9 cm³/mol. The number of aromatic nitrogens is 3. The van der Waals surface area contributed by atoms with Crippen molar-refractivity contribution in [1.29, 1.82) is 0 Å². The van der Waals surface area contributed by atoms with Gasteiger partial charge in [0.15, 0.2) is 0 Å². The number of aliphatic imine (C=N–C) groups is 1. The first kappa shape index (κ1) is 14.1. The predicted octanol–water partition coefficient (Wildman–Crippen LogP) is 3.58. The van der Waals surface area contributed by atoms with E-state index in [4.69, 9.17) is 22.1 Å². The molecule has 0 atom stereocenters. The van der Waals surface area contributed by atoms with Crippen LogP contribution in [0.5, 0.6) is 11.6 Å². The van der Waals surface area contributed by atoms with Crippen molar-refractivity contribution in [3.8, 4) is 11.6 Å².